The summed E-state index contributed by atoms with van der Waals surface area (Å²) in [5, 5.41) is 32.4. The van der Waals surface area contributed by atoms with Crippen molar-refractivity contribution in [3.8, 4) is 46.2 Å². The monoisotopic (exact) mass is 982 g/mol. The third-order valence-corrected chi connectivity index (χ3v) is 13.5. The molecule has 0 radical (unpaired) electrons. The van der Waals surface area contributed by atoms with Gasteiger partial charge in [-0.15, -0.1) is 0 Å². The van der Waals surface area contributed by atoms with Crippen LogP contribution in [0.4, 0.5) is 11.4 Å². The Kier molecular flexibility index (Phi) is 17.1. The quantitative estimate of drug-likeness (QED) is 0.123. The highest BCUT2D eigenvalue weighted by atomic mass is 16.5. The summed E-state index contributed by atoms with van der Waals surface area (Å²) in [7, 11) is 0. The number of ether oxygens (including phenoxy) is 4. The summed E-state index contributed by atoms with van der Waals surface area (Å²) < 4.78 is 23.1. The zero-order valence-corrected chi connectivity index (χ0v) is 41.4. The zero-order chi connectivity index (χ0) is 50.4. The number of likely N-dealkylation sites (tertiary alicyclic amines) is 1. The van der Waals surface area contributed by atoms with Crippen molar-refractivity contribution in [2.24, 2.45) is 0 Å². The fourth-order valence-electron chi connectivity index (χ4n) is 9.44. The van der Waals surface area contributed by atoms with E-state index in [1.54, 1.807) is 23.4 Å². The minimum absolute atomic E-state index is 0.0960. The van der Waals surface area contributed by atoms with Crippen LogP contribution in [-0.2, 0) is 27.1 Å². The standard InChI is InChI=1S/C30H33N5O4.C27H29N5O2/c1-21(36)30(37)35-12-9-26(10-13-35)39-28-7-4-23(19-24(28)20-31)27-8-11-32-29(33-27)18-22-2-5-25(6-3-22)34-14-16-38-17-15-34;28-19-22-18-21(3-6-26(22)34-24-7-10-29-11-8-24)25-9-12-30-27(31-25)17-20-1-4-23(5-2-20)32-13-15-33-16-14-32/h2-8,11,19,21,26,36H,9-10,12-18H2,1H3;1-6,9,12,18,24,29H,7-8,10-11,13-17H2/t21-;/m0./s1. The molecule has 4 saturated heterocycles. The molecule has 376 valence electrons. The van der Waals surface area contributed by atoms with Crippen molar-refractivity contribution in [2.75, 3.05) is 88.6 Å². The summed E-state index contributed by atoms with van der Waals surface area (Å²) in [5.74, 6) is 2.38. The van der Waals surface area contributed by atoms with Gasteiger partial charge in [0.15, 0.2) is 0 Å². The molecule has 1 amide bonds. The highest BCUT2D eigenvalue weighted by Gasteiger charge is 2.27. The molecule has 2 N–H and O–H groups in total. The number of nitriles is 2. The maximum Gasteiger partial charge on any atom is 0.251 e. The fourth-order valence-corrected chi connectivity index (χ4v) is 9.44. The Hall–Kier alpha value is -7.47. The van der Waals surface area contributed by atoms with Gasteiger partial charge in [-0.3, -0.25) is 4.79 Å². The third kappa shape index (κ3) is 13.5. The Balaban J connectivity index is 0.000000181. The van der Waals surface area contributed by atoms with Gasteiger partial charge in [-0.2, -0.15) is 10.5 Å². The maximum atomic E-state index is 12.0. The van der Waals surface area contributed by atoms with Gasteiger partial charge >= 0.3 is 0 Å². The van der Waals surface area contributed by atoms with Gasteiger partial charge in [-0.05, 0) is 117 Å². The van der Waals surface area contributed by atoms with E-state index >= 15 is 0 Å². The highest BCUT2D eigenvalue weighted by Crippen LogP contribution is 2.30. The largest absolute Gasteiger partial charge is 0.489 e. The lowest BCUT2D eigenvalue weighted by molar-refractivity contribution is -0.141. The summed E-state index contributed by atoms with van der Waals surface area (Å²) >= 11 is 0. The van der Waals surface area contributed by atoms with Crippen LogP contribution in [0.5, 0.6) is 11.5 Å². The van der Waals surface area contributed by atoms with Gasteiger partial charge in [0, 0.05) is 99.8 Å². The van der Waals surface area contributed by atoms with Crippen LogP contribution < -0.4 is 24.6 Å². The first-order valence-corrected chi connectivity index (χ1v) is 25.4. The van der Waals surface area contributed by atoms with Gasteiger partial charge in [-0.1, -0.05) is 24.3 Å². The first-order valence-electron chi connectivity index (χ1n) is 25.4. The van der Waals surface area contributed by atoms with Crippen molar-refractivity contribution in [2.45, 2.75) is 63.8 Å². The van der Waals surface area contributed by atoms with Gasteiger partial charge in [0.1, 0.15) is 53.6 Å². The van der Waals surface area contributed by atoms with Crippen LogP contribution in [-0.4, -0.2) is 133 Å². The molecule has 73 heavy (non-hydrogen) atoms. The summed E-state index contributed by atoms with van der Waals surface area (Å²) in [5.41, 5.74) is 8.95. The number of piperidine rings is 2. The second-order valence-corrected chi connectivity index (χ2v) is 18.6. The maximum absolute atomic E-state index is 12.0. The lowest BCUT2D eigenvalue weighted by Crippen LogP contribution is -2.45. The van der Waals surface area contributed by atoms with Gasteiger partial charge in [0.25, 0.3) is 5.91 Å². The molecule has 4 fully saturated rings. The van der Waals surface area contributed by atoms with Crippen LogP contribution in [0.15, 0.2) is 109 Å². The molecule has 4 aliphatic rings. The summed E-state index contributed by atoms with van der Waals surface area (Å²) in [6.07, 6.45) is 7.05. The first-order chi connectivity index (χ1) is 35.8. The number of nitrogens with zero attached hydrogens (tertiary/aromatic N) is 9. The molecule has 10 rings (SSSR count). The van der Waals surface area contributed by atoms with E-state index < -0.39 is 6.10 Å². The second kappa shape index (κ2) is 24.8. The molecule has 0 saturated carbocycles. The molecule has 4 aromatic carbocycles. The van der Waals surface area contributed by atoms with E-state index in [2.05, 4.69) is 85.8 Å². The van der Waals surface area contributed by atoms with E-state index in [9.17, 15) is 20.4 Å². The van der Waals surface area contributed by atoms with Crippen LogP contribution in [0, 0.1) is 22.7 Å². The topological polar surface area (TPSA) is 195 Å². The van der Waals surface area contributed by atoms with Crippen molar-refractivity contribution in [1.29, 1.82) is 10.5 Å². The molecule has 0 spiro atoms. The van der Waals surface area contributed by atoms with E-state index in [4.69, 9.17) is 28.9 Å². The summed E-state index contributed by atoms with van der Waals surface area (Å²) in [6.45, 7) is 11.2. The predicted octanol–water partition coefficient (Wildman–Crippen LogP) is 6.77. The predicted molar refractivity (Wildman–Crippen MR) is 277 cm³/mol. The van der Waals surface area contributed by atoms with Crippen molar-refractivity contribution in [3.05, 3.63) is 143 Å². The van der Waals surface area contributed by atoms with E-state index in [-0.39, 0.29) is 18.1 Å². The van der Waals surface area contributed by atoms with Crippen molar-refractivity contribution in [3.63, 3.8) is 0 Å². The fraction of sp³-hybridized carbons (Fsp3) is 0.386. The number of aliphatic hydroxyl groups is 1. The average molecular weight is 983 g/mol. The molecular formula is C57H62N10O6. The second-order valence-electron chi connectivity index (χ2n) is 18.6. The Bertz CT molecular complexity index is 2860. The SMILES string of the molecule is C[C@H](O)C(=O)N1CCC(Oc2ccc(-c3ccnc(Cc4ccc(N5CCOCC5)cc4)n3)cc2C#N)CC1.N#Cc1cc(-c2ccnc(Cc3ccc(N4CCOCC4)cc3)n2)ccc1OC1CCNCC1. The number of carbonyl (C=O) groups excluding carboxylic acids is 1. The number of carbonyl (C=O) groups is 1. The lowest BCUT2D eigenvalue weighted by atomic mass is 10.1. The Morgan fingerprint density at radius 1 is 0.644 bits per heavy atom. The molecule has 0 unspecified atom stereocenters. The number of anilines is 2. The van der Waals surface area contributed by atoms with Crippen LogP contribution in [0.2, 0.25) is 0 Å². The Labute approximate surface area is 427 Å². The smallest absolute Gasteiger partial charge is 0.251 e. The van der Waals surface area contributed by atoms with Crippen LogP contribution in [0.3, 0.4) is 0 Å². The van der Waals surface area contributed by atoms with Crippen molar-refractivity contribution in [1.82, 2.24) is 30.2 Å². The molecule has 16 heteroatoms. The molecule has 0 aliphatic carbocycles. The van der Waals surface area contributed by atoms with Crippen LogP contribution in [0.1, 0.15) is 66.5 Å². The number of aromatic nitrogens is 4. The van der Waals surface area contributed by atoms with Crippen LogP contribution in [0.25, 0.3) is 22.5 Å². The molecule has 2 aromatic heterocycles. The first kappa shape index (κ1) is 50.5. The van der Waals surface area contributed by atoms with Crippen LogP contribution >= 0.6 is 0 Å². The lowest BCUT2D eigenvalue weighted by Gasteiger charge is -2.33. The number of benzene rings is 4. The van der Waals surface area contributed by atoms with Crippen molar-refractivity contribution >= 4 is 17.3 Å². The number of amides is 1. The normalized spacial score (nSPS) is 16.8. The number of aliphatic hydroxyl groups excluding tert-OH is 1. The van der Waals surface area contributed by atoms with E-state index in [0.29, 0.717) is 67.2 Å². The molecule has 0 bridgehead atoms. The van der Waals surface area contributed by atoms with Gasteiger partial charge in [0.2, 0.25) is 0 Å². The Morgan fingerprint density at radius 3 is 1.51 bits per heavy atom. The highest BCUT2D eigenvalue weighted by molar-refractivity contribution is 5.80. The zero-order valence-electron chi connectivity index (χ0n) is 41.4. The number of nitrogens with one attached hydrogen (secondary N) is 1. The summed E-state index contributed by atoms with van der Waals surface area (Å²) in [4.78, 5) is 36.8. The molecule has 1 atom stereocenters. The van der Waals surface area contributed by atoms with E-state index in [1.165, 1.54) is 18.3 Å². The Morgan fingerprint density at radius 2 is 1.08 bits per heavy atom. The van der Waals surface area contributed by atoms with Gasteiger partial charge in [0.05, 0.1) is 48.9 Å². The average Bonchev–Trinajstić information content (AvgIpc) is 3.44. The van der Waals surface area contributed by atoms with Gasteiger partial charge < -0.3 is 44.1 Å². The summed E-state index contributed by atoms with van der Waals surface area (Å²) in [6, 6.07) is 36.6. The molecule has 16 nitrogen and oxygen atoms in total. The number of rotatable bonds is 13. The number of hydrogen-bond acceptors (Lipinski definition) is 15. The van der Waals surface area contributed by atoms with E-state index in [0.717, 1.165) is 118 Å². The molecule has 6 heterocycles. The molecule has 4 aliphatic heterocycles. The number of hydrogen-bond donors (Lipinski definition) is 2. The van der Waals surface area contributed by atoms with Crippen molar-refractivity contribution < 1.29 is 28.8 Å². The van der Waals surface area contributed by atoms with Gasteiger partial charge in [-0.25, -0.2) is 19.9 Å². The number of morpholine rings is 2. The molecular weight excluding hydrogens is 921 g/mol. The molecule has 6 aromatic rings. The minimum Gasteiger partial charge on any atom is -0.489 e. The minimum atomic E-state index is -0.997. The van der Waals surface area contributed by atoms with E-state index in [1.807, 2.05) is 42.5 Å². The third-order valence-electron chi connectivity index (χ3n) is 13.5.